The summed E-state index contributed by atoms with van der Waals surface area (Å²) >= 11 is 1.70. The Morgan fingerprint density at radius 2 is 2.33 bits per heavy atom. The van der Waals surface area contributed by atoms with Crippen molar-refractivity contribution in [2.24, 2.45) is 0 Å². The number of nitrogens with one attached hydrogen (secondary N) is 1. The van der Waals surface area contributed by atoms with Gasteiger partial charge in [0.15, 0.2) is 0 Å². The van der Waals surface area contributed by atoms with Crippen LogP contribution < -0.4 is 5.32 Å². The highest BCUT2D eigenvalue weighted by Crippen LogP contribution is 2.17. The van der Waals surface area contributed by atoms with E-state index >= 15 is 0 Å². The van der Waals surface area contributed by atoms with Gasteiger partial charge < -0.3 is 10.2 Å². The van der Waals surface area contributed by atoms with E-state index in [2.05, 4.69) is 30.1 Å². The molecule has 4 heteroatoms. The normalized spacial score (nSPS) is 20.0. The van der Waals surface area contributed by atoms with E-state index in [1.165, 1.54) is 30.7 Å². The molecule has 0 aliphatic carbocycles. The summed E-state index contributed by atoms with van der Waals surface area (Å²) in [5.74, 6) is 0.00717. The topological polar surface area (TPSA) is 32.3 Å². The van der Waals surface area contributed by atoms with Crippen LogP contribution in [0.1, 0.15) is 42.4 Å². The maximum atomic E-state index is 11.7. The fourth-order valence-electron chi connectivity index (χ4n) is 2.74. The minimum absolute atomic E-state index is 0.00717. The third-order valence-corrected chi connectivity index (χ3v) is 4.99. The molecular weight excluding hydrogens is 280 g/mol. The first-order valence-corrected chi connectivity index (χ1v) is 8.73. The van der Waals surface area contributed by atoms with Crippen molar-refractivity contribution < 1.29 is 4.79 Å². The first kappa shape index (κ1) is 16.2. The van der Waals surface area contributed by atoms with E-state index in [0.717, 1.165) is 24.4 Å². The summed E-state index contributed by atoms with van der Waals surface area (Å²) in [5, 5.41) is 2.97. The predicted octanol–water partition coefficient (Wildman–Crippen LogP) is 3.45. The molecule has 1 aromatic heterocycles. The molecule has 1 aromatic rings. The molecule has 0 unspecified atom stereocenters. The van der Waals surface area contributed by atoms with Crippen molar-refractivity contribution in [3.8, 4) is 0 Å². The van der Waals surface area contributed by atoms with Crippen molar-refractivity contribution in [3.63, 3.8) is 0 Å². The Hall–Kier alpha value is -1.13. The smallest absolute Gasteiger partial charge is 0.244 e. The lowest BCUT2D eigenvalue weighted by molar-refractivity contribution is -0.116. The molecule has 3 nitrogen and oxygen atoms in total. The predicted molar refractivity (Wildman–Crippen MR) is 90.6 cm³/mol. The van der Waals surface area contributed by atoms with E-state index in [9.17, 15) is 4.79 Å². The van der Waals surface area contributed by atoms with E-state index in [-0.39, 0.29) is 5.91 Å². The van der Waals surface area contributed by atoms with Crippen LogP contribution in [0.15, 0.2) is 18.2 Å². The minimum Gasteiger partial charge on any atom is -0.353 e. The van der Waals surface area contributed by atoms with Crippen molar-refractivity contribution in [2.75, 3.05) is 19.6 Å². The number of amides is 1. The van der Waals surface area contributed by atoms with E-state index in [1.807, 2.05) is 12.1 Å². The van der Waals surface area contributed by atoms with Crippen LogP contribution in [-0.4, -0.2) is 36.5 Å². The average Bonchev–Trinajstić information content (AvgIpc) is 2.89. The Morgan fingerprint density at radius 1 is 1.48 bits per heavy atom. The quantitative estimate of drug-likeness (QED) is 0.645. The summed E-state index contributed by atoms with van der Waals surface area (Å²) < 4.78 is 0. The van der Waals surface area contributed by atoms with Crippen LogP contribution in [0.4, 0.5) is 0 Å². The van der Waals surface area contributed by atoms with Gasteiger partial charge in [-0.2, -0.15) is 0 Å². The van der Waals surface area contributed by atoms with Crippen LogP contribution in [0.5, 0.6) is 0 Å². The zero-order valence-electron chi connectivity index (χ0n) is 13.1. The monoisotopic (exact) mass is 306 g/mol. The fraction of sp³-hybridized carbons (Fsp3) is 0.588. The maximum Gasteiger partial charge on any atom is 0.244 e. The van der Waals surface area contributed by atoms with E-state index < -0.39 is 0 Å². The van der Waals surface area contributed by atoms with Crippen LogP contribution in [0.3, 0.4) is 0 Å². The summed E-state index contributed by atoms with van der Waals surface area (Å²) in [6.07, 6.45) is 8.55. The van der Waals surface area contributed by atoms with Crippen molar-refractivity contribution in [3.05, 3.63) is 28.0 Å². The van der Waals surface area contributed by atoms with Crippen LogP contribution in [0, 0.1) is 6.92 Å². The molecule has 1 N–H and O–H groups in total. The molecule has 1 aliphatic rings. The summed E-state index contributed by atoms with van der Waals surface area (Å²) in [5.41, 5.74) is 0. The molecule has 1 amide bonds. The van der Waals surface area contributed by atoms with Gasteiger partial charge in [0.05, 0.1) is 0 Å². The molecule has 0 saturated carbocycles. The zero-order valence-corrected chi connectivity index (χ0v) is 13.9. The van der Waals surface area contributed by atoms with Gasteiger partial charge in [-0.05, 0) is 57.9 Å². The van der Waals surface area contributed by atoms with Gasteiger partial charge in [0.25, 0.3) is 0 Å². The van der Waals surface area contributed by atoms with Gasteiger partial charge in [0.2, 0.25) is 5.91 Å². The second-order valence-corrected chi connectivity index (χ2v) is 7.13. The van der Waals surface area contributed by atoms with Crippen molar-refractivity contribution in [1.82, 2.24) is 10.2 Å². The molecular formula is C17H26N2OS. The molecule has 0 spiro atoms. The van der Waals surface area contributed by atoms with E-state index in [1.54, 1.807) is 17.4 Å². The number of piperidine rings is 1. The lowest BCUT2D eigenvalue weighted by Crippen LogP contribution is -2.39. The number of hydrogen-bond acceptors (Lipinski definition) is 3. The van der Waals surface area contributed by atoms with Gasteiger partial charge >= 0.3 is 0 Å². The number of nitrogens with zero attached hydrogens (tertiary/aromatic N) is 1. The van der Waals surface area contributed by atoms with E-state index in [4.69, 9.17) is 0 Å². The molecule has 1 aliphatic heterocycles. The van der Waals surface area contributed by atoms with Crippen molar-refractivity contribution >= 4 is 23.3 Å². The van der Waals surface area contributed by atoms with Gasteiger partial charge in [0, 0.05) is 35.0 Å². The van der Waals surface area contributed by atoms with Gasteiger partial charge in [0.1, 0.15) is 0 Å². The third-order valence-electron chi connectivity index (χ3n) is 4.02. The molecule has 1 fully saturated rings. The largest absolute Gasteiger partial charge is 0.353 e. The Morgan fingerprint density at radius 3 is 3.05 bits per heavy atom. The molecule has 0 aromatic carbocycles. The highest BCUT2D eigenvalue weighted by molar-refractivity contribution is 7.12. The van der Waals surface area contributed by atoms with Gasteiger partial charge in [-0.3, -0.25) is 4.79 Å². The number of thiophene rings is 1. The first-order valence-electron chi connectivity index (χ1n) is 7.91. The number of aryl methyl sites for hydroxylation is 1. The second-order valence-electron chi connectivity index (χ2n) is 5.81. The maximum absolute atomic E-state index is 11.7. The van der Waals surface area contributed by atoms with Gasteiger partial charge in [-0.15, -0.1) is 11.3 Å². The zero-order chi connectivity index (χ0) is 15.1. The lowest BCUT2D eigenvalue weighted by atomic mass is 10.0. The Balaban J connectivity index is 1.62. The Kier molecular flexibility index (Phi) is 6.46. The Labute approximate surface area is 132 Å². The second kappa shape index (κ2) is 8.35. The van der Waals surface area contributed by atoms with Crippen LogP contribution in [0.25, 0.3) is 6.08 Å². The number of carbonyl (C=O) groups excluding carboxylic acids is 1. The van der Waals surface area contributed by atoms with Crippen LogP contribution in [-0.2, 0) is 4.79 Å². The number of carbonyl (C=O) groups is 1. The first-order chi connectivity index (χ1) is 10.1. The number of likely N-dealkylation sites (tertiary alicyclic amines) is 1. The van der Waals surface area contributed by atoms with E-state index in [0.29, 0.717) is 6.04 Å². The van der Waals surface area contributed by atoms with Gasteiger partial charge in [-0.1, -0.05) is 6.42 Å². The SMILES string of the molecule is Cc1ccc(/C=C/C(=O)NCCCN2CCCC[C@H]2C)s1. The fourth-order valence-corrected chi connectivity index (χ4v) is 3.52. The number of hydrogen-bond donors (Lipinski definition) is 1. The highest BCUT2D eigenvalue weighted by atomic mass is 32.1. The molecule has 0 radical (unpaired) electrons. The summed E-state index contributed by atoms with van der Waals surface area (Å²) in [6.45, 7) is 7.45. The molecule has 2 rings (SSSR count). The highest BCUT2D eigenvalue weighted by Gasteiger charge is 2.16. The van der Waals surface area contributed by atoms with Gasteiger partial charge in [-0.25, -0.2) is 0 Å². The average molecular weight is 306 g/mol. The minimum atomic E-state index is 0.00717. The van der Waals surface area contributed by atoms with Crippen LogP contribution >= 0.6 is 11.3 Å². The van der Waals surface area contributed by atoms with Crippen molar-refractivity contribution in [2.45, 2.75) is 45.6 Å². The molecule has 1 atom stereocenters. The standard InChI is InChI=1S/C17H26N2OS/c1-14-6-3-4-12-19(14)13-5-11-18-17(20)10-9-16-8-7-15(2)21-16/h7-10,14H,3-6,11-13H2,1-2H3,(H,18,20)/b10-9+/t14-/m1/s1. The molecule has 2 heterocycles. The number of rotatable bonds is 6. The molecule has 21 heavy (non-hydrogen) atoms. The molecule has 116 valence electrons. The van der Waals surface area contributed by atoms with Crippen molar-refractivity contribution in [1.29, 1.82) is 0 Å². The molecule has 0 bridgehead atoms. The summed E-state index contributed by atoms with van der Waals surface area (Å²) in [7, 11) is 0. The lowest BCUT2D eigenvalue weighted by Gasteiger charge is -2.33. The third kappa shape index (κ3) is 5.64. The Bertz CT molecular complexity index is 481. The molecule has 1 saturated heterocycles. The van der Waals surface area contributed by atoms with Crippen LogP contribution in [0.2, 0.25) is 0 Å². The summed E-state index contributed by atoms with van der Waals surface area (Å²) in [4.78, 5) is 16.7. The summed E-state index contributed by atoms with van der Waals surface area (Å²) in [6, 6.07) is 4.82.